The lowest BCUT2D eigenvalue weighted by atomic mass is 10.0. The van der Waals surface area contributed by atoms with E-state index < -0.39 is 0 Å². The van der Waals surface area contributed by atoms with Crippen LogP contribution in [0.1, 0.15) is 25.7 Å². The van der Waals surface area contributed by atoms with Gasteiger partial charge in [-0.25, -0.2) is 0 Å². The van der Waals surface area contributed by atoms with Crippen molar-refractivity contribution in [2.75, 3.05) is 18.6 Å². The van der Waals surface area contributed by atoms with Gasteiger partial charge in [0, 0.05) is 0 Å². The minimum Gasteiger partial charge on any atom is -1.00 e. The van der Waals surface area contributed by atoms with Gasteiger partial charge in [-0.15, -0.1) is 0 Å². The van der Waals surface area contributed by atoms with Gasteiger partial charge in [-0.1, -0.05) is 0 Å². The first kappa shape index (κ1) is 17.5. The van der Waals surface area contributed by atoms with Crippen molar-refractivity contribution in [2.24, 2.45) is 0 Å². The summed E-state index contributed by atoms with van der Waals surface area (Å²) in [6.07, 6.45) is 5.32. The maximum atomic E-state index is 11.8. The van der Waals surface area contributed by atoms with Crippen LogP contribution in [0.4, 0.5) is 0 Å². The van der Waals surface area contributed by atoms with E-state index in [1.165, 1.54) is 0 Å². The molecule has 1 rings (SSSR count). The van der Waals surface area contributed by atoms with E-state index >= 15 is 0 Å². The van der Waals surface area contributed by atoms with Crippen LogP contribution in [0, 0.1) is 0 Å². The average Bonchev–Trinajstić information content (AvgIpc) is 2.31. The highest BCUT2D eigenvalue weighted by Gasteiger charge is 2.32. The Morgan fingerprint density at radius 3 is 2.17 bits per heavy atom. The highest BCUT2D eigenvalue weighted by atomic mass is 35.5. The van der Waals surface area contributed by atoms with Gasteiger partial charge < -0.3 is 28.8 Å². The third-order valence-electron chi connectivity index (χ3n) is 2.87. The number of carbonyl (C=O) groups is 2. The van der Waals surface area contributed by atoms with Gasteiger partial charge in [0.15, 0.2) is 0 Å². The molecule has 1 heterocycles. The van der Waals surface area contributed by atoms with E-state index in [1.807, 2.05) is 6.26 Å². The monoisotopic (exact) mass is 295 g/mol. The normalized spacial score (nSPS) is 23.0. The lowest BCUT2D eigenvalue weighted by Crippen LogP contribution is -3.00. The lowest BCUT2D eigenvalue weighted by molar-refractivity contribution is -0.368. The molecule has 2 atom stereocenters. The van der Waals surface area contributed by atoms with Crippen molar-refractivity contribution in [1.82, 2.24) is 10.6 Å². The molecule has 0 radical (unpaired) electrons. The van der Waals surface area contributed by atoms with Crippen LogP contribution in [0.25, 0.3) is 0 Å². The highest BCUT2D eigenvalue weighted by Crippen LogP contribution is 2.09. The van der Waals surface area contributed by atoms with Crippen LogP contribution in [0.2, 0.25) is 0 Å². The number of thioether (sulfide) groups is 1. The molecular weight excluding hydrogens is 274 g/mol. The molecule has 106 valence electrons. The van der Waals surface area contributed by atoms with Gasteiger partial charge in [-0.2, -0.15) is 11.8 Å². The van der Waals surface area contributed by atoms with E-state index in [0.717, 1.165) is 25.1 Å². The zero-order valence-corrected chi connectivity index (χ0v) is 12.3. The maximum Gasteiger partial charge on any atom is 0.243 e. The van der Waals surface area contributed by atoms with Crippen molar-refractivity contribution in [1.29, 1.82) is 0 Å². The summed E-state index contributed by atoms with van der Waals surface area (Å²) in [5.41, 5.74) is 3.76. The van der Waals surface area contributed by atoms with E-state index in [0.29, 0.717) is 12.8 Å². The van der Waals surface area contributed by atoms with Crippen molar-refractivity contribution >= 4 is 23.6 Å². The molecule has 0 bridgehead atoms. The minimum absolute atomic E-state index is 0. The minimum atomic E-state index is -0.348. The van der Waals surface area contributed by atoms with E-state index in [4.69, 9.17) is 0 Å². The Balaban J connectivity index is 0.00000289. The molecule has 18 heavy (non-hydrogen) atoms. The number of hydrogen-bond acceptors (Lipinski definition) is 3. The number of piperazine rings is 1. The van der Waals surface area contributed by atoms with Crippen LogP contribution in [-0.2, 0) is 9.59 Å². The van der Waals surface area contributed by atoms with E-state index in [1.54, 1.807) is 11.8 Å². The molecule has 0 unspecified atom stereocenters. The molecule has 0 aromatic carbocycles. The van der Waals surface area contributed by atoms with Gasteiger partial charge in [-0.05, 0) is 37.7 Å². The van der Waals surface area contributed by atoms with Crippen LogP contribution in [0.3, 0.4) is 0 Å². The van der Waals surface area contributed by atoms with Gasteiger partial charge in [0.1, 0.15) is 12.1 Å². The molecule has 2 amide bonds. The fourth-order valence-corrected chi connectivity index (χ4v) is 2.31. The summed E-state index contributed by atoms with van der Waals surface area (Å²) >= 11 is 1.68. The van der Waals surface area contributed by atoms with E-state index in [-0.39, 0.29) is 36.3 Å². The first-order chi connectivity index (χ1) is 8.19. The van der Waals surface area contributed by atoms with Gasteiger partial charge >= 0.3 is 0 Å². The number of nitrogens with one attached hydrogen (secondary N) is 2. The molecule has 1 fully saturated rings. The summed E-state index contributed by atoms with van der Waals surface area (Å²) in [7, 11) is 0. The van der Waals surface area contributed by atoms with Crippen molar-refractivity contribution in [2.45, 2.75) is 37.8 Å². The number of amides is 2. The predicted molar refractivity (Wildman–Crippen MR) is 68.5 cm³/mol. The largest absolute Gasteiger partial charge is 1.00 e. The molecule has 5 nitrogen and oxygen atoms in total. The Morgan fingerprint density at radius 1 is 1.11 bits per heavy atom. The van der Waals surface area contributed by atoms with Crippen LogP contribution >= 0.6 is 11.8 Å². The third-order valence-corrected chi connectivity index (χ3v) is 3.51. The smallest absolute Gasteiger partial charge is 0.243 e. The molecule has 5 N–H and O–H groups in total. The van der Waals surface area contributed by atoms with Crippen LogP contribution in [-0.4, -0.2) is 42.5 Å². The second-order valence-electron chi connectivity index (χ2n) is 4.25. The Kier molecular flexibility index (Phi) is 9.23. The van der Waals surface area contributed by atoms with E-state index in [2.05, 4.69) is 16.4 Å². The van der Waals surface area contributed by atoms with Crippen LogP contribution < -0.4 is 28.8 Å². The molecule has 0 aliphatic carbocycles. The number of carbonyl (C=O) groups excluding carboxylic acids is 2. The summed E-state index contributed by atoms with van der Waals surface area (Å²) in [5.74, 6) is 0.794. The standard InChI is InChI=1S/C11H21N3O2S.ClH/c1-17-7-5-9-11(16)13-8(10(15)14-9)4-2-3-6-12;/h8-9H,2-7,12H2,1H3,(H,13,16)(H,14,15);1H/t8-,9-;/m0./s1. The van der Waals surface area contributed by atoms with Crippen LogP contribution in [0.15, 0.2) is 0 Å². The maximum absolute atomic E-state index is 11.8. The highest BCUT2D eigenvalue weighted by molar-refractivity contribution is 7.98. The molecule has 1 aliphatic rings. The molecule has 0 spiro atoms. The molecule has 0 aromatic heterocycles. The van der Waals surface area contributed by atoms with E-state index in [9.17, 15) is 9.59 Å². The predicted octanol–water partition coefficient (Wildman–Crippen LogP) is -3.86. The first-order valence-electron chi connectivity index (χ1n) is 6.08. The van der Waals surface area contributed by atoms with Crippen LogP contribution in [0.5, 0.6) is 0 Å². The second-order valence-corrected chi connectivity index (χ2v) is 5.24. The Hall–Kier alpha value is -0.460. The molecule has 0 saturated carbocycles. The number of unbranched alkanes of at least 4 members (excludes halogenated alkanes) is 1. The average molecular weight is 296 g/mol. The summed E-state index contributed by atoms with van der Waals surface area (Å²) in [6, 6.07) is -0.696. The summed E-state index contributed by atoms with van der Waals surface area (Å²) in [4.78, 5) is 23.5. The molecule has 1 aliphatic heterocycles. The summed E-state index contributed by atoms with van der Waals surface area (Å²) < 4.78 is 0. The lowest BCUT2D eigenvalue weighted by Gasteiger charge is -2.29. The Labute approximate surface area is 118 Å². The Morgan fingerprint density at radius 2 is 1.67 bits per heavy atom. The van der Waals surface area contributed by atoms with Crippen molar-refractivity contribution in [3.63, 3.8) is 0 Å². The second kappa shape index (κ2) is 9.47. The van der Waals surface area contributed by atoms with Gasteiger partial charge in [0.05, 0.1) is 6.54 Å². The number of hydrogen-bond donors (Lipinski definition) is 3. The fourth-order valence-electron chi connectivity index (χ4n) is 1.84. The SMILES string of the molecule is CSCC[C@@H]1NC(=O)[C@H](CCCC[NH3+])NC1=O.[Cl-]. The zero-order valence-electron chi connectivity index (χ0n) is 10.7. The number of rotatable bonds is 7. The third kappa shape index (κ3) is 5.46. The Bertz CT molecular complexity index is 279. The van der Waals surface area contributed by atoms with Gasteiger partial charge in [0.25, 0.3) is 0 Å². The number of halogens is 1. The topological polar surface area (TPSA) is 85.8 Å². The molecule has 7 heteroatoms. The first-order valence-corrected chi connectivity index (χ1v) is 7.47. The van der Waals surface area contributed by atoms with Crippen molar-refractivity contribution in [3.8, 4) is 0 Å². The molecule has 1 saturated heterocycles. The zero-order chi connectivity index (χ0) is 12.7. The van der Waals surface area contributed by atoms with Crippen molar-refractivity contribution in [3.05, 3.63) is 0 Å². The molecule has 0 aromatic rings. The summed E-state index contributed by atoms with van der Waals surface area (Å²) in [6.45, 7) is 0.874. The van der Waals surface area contributed by atoms with Gasteiger partial charge in [0.2, 0.25) is 11.8 Å². The number of quaternary nitrogens is 1. The fraction of sp³-hybridized carbons (Fsp3) is 0.818. The van der Waals surface area contributed by atoms with Gasteiger partial charge in [-0.3, -0.25) is 9.59 Å². The quantitative estimate of drug-likeness (QED) is 0.420. The van der Waals surface area contributed by atoms with Crippen molar-refractivity contribution < 1.29 is 27.7 Å². The summed E-state index contributed by atoms with van der Waals surface area (Å²) in [5, 5.41) is 5.60. The molecular formula is C11H22ClN3O2S.